The monoisotopic (exact) mass is 213 g/mol. The first-order valence-corrected chi connectivity index (χ1v) is 6.36. The first-order valence-electron chi connectivity index (χ1n) is 6.36. The summed E-state index contributed by atoms with van der Waals surface area (Å²) in [6.45, 7) is 3.07. The van der Waals surface area contributed by atoms with Gasteiger partial charge in [-0.15, -0.1) is 0 Å². The van der Waals surface area contributed by atoms with E-state index in [4.69, 9.17) is 4.74 Å². The Kier molecular flexibility index (Phi) is 4.42. The summed E-state index contributed by atoms with van der Waals surface area (Å²) in [4.78, 5) is 0. The van der Waals surface area contributed by atoms with Crippen molar-refractivity contribution in [3.8, 4) is 0 Å². The highest BCUT2D eigenvalue weighted by Crippen LogP contribution is 2.23. The largest absolute Gasteiger partial charge is 0.393 e. The molecular weight excluding hydrogens is 190 g/mol. The van der Waals surface area contributed by atoms with E-state index in [9.17, 15) is 5.11 Å². The van der Waals surface area contributed by atoms with Crippen molar-refractivity contribution in [3.05, 3.63) is 0 Å². The van der Waals surface area contributed by atoms with E-state index in [0.717, 1.165) is 45.4 Å². The molecule has 0 radical (unpaired) electrons. The summed E-state index contributed by atoms with van der Waals surface area (Å²) < 4.78 is 5.57. The summed E-state index contributed by atoms with van der Waals surface area (Å²) in [5, 5.41) is 13.4. The van der Waals surface area contributed by atoms with Gasteiger partial charge in [0.25, 0.3) is 0 Å². The van der Waals surface area contributed by atoms with Gasteiger partial charge in [-0.2, -0.15) is 0 Å². The fourth-order valence-electron chi connectivity index (χ4n) is 2.69. The molecule has 0 aromatic rings. The van der Waals surface area contributed by atoms with Gasteiger partial charge in [0.15, 0.2) is 0 Å². The Morgan fingerprint density at radius 1 is 1.27 bits per heavy atom. The molecule has 2 aliphatic rings. The molecule has 2 unspecified atom stereocenters. The lowest BCUT2D eigenvalue weighted by molar-refractivity contribution is 0.0499. The van der Waals surface area contributed by atoms with Crippen LogP contribution in [0, 0.1) is 5.92 Å². The van der Waals surface area contributed by atoms with E-state index < -0.39 is 0 Å². The van der Waals surface area contributed by atoms with E-state index >= 15 is 0 Å². The number of ether oxygens (including phenoxy) is 1. The Morgan fingerprint density at radius 3 is 2.73 bits per heavy atom. The summed E-state index contributed by atoms with van der Waals surface area (Å²) in [6, 6.07) is 0. The molecule has 3 heteroatoms. The molecule has 0 saturated carbocycles. The Labute approximate surface area is 92.2 Å². The Balaban J connectivity index is 1.64. The lowest BCUT2D eigenvalue weighted by atomic mass is 9.89. The van der Waals surface area contributed by atoms with E-state index in [-0.39, 0.29) is 6.10 Å². The third-order valence-electron chi connectivity index (χ3n) is 3.74. The Bertz CT molecular complexity index is 174. The number of aliphatic hydroxyl groups excluding tert-OH is 1. The van der Waals surface area contributed by atoms with E-state index in [1.807, 2.05) is 0 Å². The van der Waals surface area contributed by atoms with Crippen LogP contribution in [-0.4, -0.2) is 37.0 Å². The number of hydrogen-bond donors (Lipinski definition) is 2. The summed E-state index contributed by atoms with van der Waals surface area (Å²) in [5.74, 6) is 0.521. The second-order valence-electron chi connectivity index (χ2n) is 4.87. The number of hydrogen-bond acceptors (Lipinski definition) is 3. The van der Waals surface area contributed by atoms with Gasteiger partial charge in [0.2, 0.25) is 0 Å². The fraction of sp³-hybridized carbons (Fsp3) is 1.00. The second kappa shape index (κ2) is 5.83. The number of rotatable bonds is 4. The topological polar surface area (TPSA) is 41.5 Å². The van der Waals surface area contributed by atoms with Crippen LogP contribution in [0.2, 0.25) is 0 Å². The Hall–Kier alpha value is -0.120. The third kappa shape index (κ3) is 3.44. The first-order chi connectivity index (χ1) is 7.36. The van der Waals surface area contributed by atoms with Gasteiger partial charge >= 0.3 is 0 Å². The number of aliphatic hydroxyl groups is 1. The molecule has 0 spiro atoms. The van der Waals surface area contributed by atoms with Gasteiger partial charge in [-0.1, -0.05) is 0 Å². The number of nitrogens with one attached hydrogen (secondary N) is 1. The predicted molar refractivity (Wildman–Crippen MR) is 59.8 cm³/mol. The van der Waals surface area contributed by atoms with Gasteiger partial charge in [-0.3, -0.25) is 0 Å². The summed E-state index contributed by atoms with van der Waals surface area (Å²) >= 11 is 0. The molecule has 2 saturated heterocycles. The molecule has 2 aliphatic heterocycles. The maximum Gasteiger partial charge on any atom is 0.0577 e. The van der Waals surface area contributed by atoms with Crippen molar-refractivity contribution in [2.75, 3.05) is 19.7 Å². The maximum absolute atomic E-state index is 10.1. The average molecular weight is 213 g/mol. The van der Waals surface area contributed by atoms with Gasteiger partial charge in [-0.05, 0) is 57.5 Å². The van der Waals surface area contributed by atoms with Crippen LogP contribution < -0.4 is 5.32 Å². The van der Waals surface area contributed by atoms with E-state index in [0.29, 0.717) is 12.0 Å². The van der Waals surface area contributed by atoms with Crippen molar-refractivity contribution in [3.63, 3.8) is 0 Å². The molecule has 88 valence electrons. The molecule has 2 heterocycles. The van der Waals surface area contributed by atoms with Crippen LogP contribution in [0.5, 0.6) is 0 Å². The smallest absolute Gasteiger partial charge is 0.0577 e. The zero-order valence-corrected chi connectivity index (χ0v) is 9.45. The van der Waals surface area contributed by atoms with Gasteiger partial charge in [0.1, 0.15) is 0 Å². The number of piperidine rings is 1. The van der Waals surface area contributed by atoms with Crippen LogP contribution >= 0.6 is 0 Å². The maximum atomic E-state index is 10.1. The molecule has 3 nitrogen and oxygen atoms in total. The van der Waals surface area contributed by atoms with E-state index in [1.165, 1.54) is 12.8 Å². The summed E-state index contributed by atoms with van der Waals surface area (Å²) in [7, 11) is 0. The van der Waals surface area contributed by atoms with Crippen LogP contribution in [0.1, 0.15) is 38.5 Å². The van der Waals surface area contributed by atoms with Gasteiger partial charge in [0, 0.05) is 6.61 Å². The van der Waals surface area contributed by atoms with E-state index in [2.05, 4.69) is 5.32 Å². The molecule has 2 fully saturated rings. The first kappa shape index (κ1) is 11.4. The molecule has 2 atom stereocenters. The molecule has 0 aromatic carbocycles. The lowest BCUT2D eigenvalue weighted by Crippen LogP contribution is -2.34. The van der Waals surface area contributed by atoms with Crippen molar-refractivity contribution in [1.29, 1.82) is 0 Å². The highest BCUT2D eigenvalue weighted by atomic mass is 16.5. The molecule has 0 amide bonds. The van der Waals surface area contributed by atoms with Crippen LogP contribution in [0.25, 0.3) is 0 Å². The highest BCUT2D eigenvalue weighted by molar-refractivity contribution is 4.76. The van der Waals surface area contributed by atoms with Gasteiger partial charge < -0.3 is 15.2 Å². The Morgan fingerprint density at radius 2 is 2.07 bits per heavy atom. The second-order valence-corrected chi connectivity index (χ2v) is 4.87. The van der Waals surface area contributed by atoms with Gasteiger partial charge in [0.05, 0.1) is 12.2 Å². The van der Waals surface area contributed by atoms with Crippen LogP contribution in [0.15, 0.2) is 0 Å². The molecule has 0 aromatic heterocycles. The highest BCUT2D eigenvalue weighted by Gasteiger charge is 2.23. The zero-order valence-electron chi connectivity index (χ0n) is 9.45. The fourth-order valence-corrected chi connectivity index (χ4v) is 2.69. The molecule has 2 N–H and O–H groups in total. The van der Waals surface area contributed by atoms with E-state index in [1.54, 1.807) is 0 Å². The molecular formula is C12H23NO2. The van der Waals surface area contributed by atoms with Gasteiger partial charge in [-0.25, -0.2) is 0 Å². The van der Waals surface area contributed by atoms with Crippen LogP contribution in [0.3, 0.4) is 0 Å². The molecule has 0 aliphatic carbocycles. The lowest BCUT2D eigenvalue weighted by Gasteiger charge is -2.27. The molecule has 15 heavy (non-hydrogen) atoms. The average Bonchev–Trinajstić information content (AvgIpc) is 2.80. The quantitative estimate of drug-likeness (QED) is 0.740. The molecule has 2 rings (SSSR count). The van der Waals surface area contributed by atoms with Crippen molar-refractivity contribution in [2.45, 2.75) is 50.7 Å². The minimum atomic E-state index is -0.101. The summed E-state index contributed by atoms with van der Waals surface area (Å²) in [6.07, 6.45) is 6.96. The predicted octanol–water partition coefficient (Wildman–Crippen LogP) is 1.31. The van der Waals surface area contributed by atoms with Crippen LogP contribution in [0.4, 0.5) is 0 Å². The van der Waals surface area contributed by atoms with Crippen molar-refractivity contribution >= 4 is 0 Å². The summed E-state index contributed by atoms with van der Waals surface area (Å²) in [5.41, 5.74) is 0. The third-order valence-corrected chi connectivity index (χ3v) is 3.74. The van der Waals surface area contributed by atoms with Crippen LogP contribution in [-0.2, 0) is 4.74 Å². The van der Waals surface area contributed by atoms with Crippen molar-refractivity contribution in [2.24, 2.45) is 5.92 Å². The standard InChI is InChI=1S/C12H23NO2/c14-12(10-5-7-13-8-6-10)4-3-11-2-1-9-15-11/h10-14H,1-9H2. The van der Waals surface area contributed by atoms with Crippen molar-refractivity contribution < 1.29 is 9.84 Å². The molecule has 0 bridgehead atoms. The minimum Gasteiger partial charge on any atom is -0.393 e. The zero-order chi connectivity index (χ0) is 10.5. The van der Waals surface area contributed by atoms with Crippen molar-refractivity contribution in [1.82, 2.24) is 5.32 Å². The minimum absolute atomic E-state index is 0.101. The normalized spacial score (nSPS) is 30.6. The SMILES string of the molecule is OC(CCC1CCCO1)C1CCNCC1.